The number of imidazole rings is 1. The molecule has 3 heterocycles. The van der Waals surface area contributed by atoms with Gasteiger partial charge in [-0.05, 0) is 18.1 Å². The minimum Gasteiger partial charge on any atom is -0.340 e. The summed E-state index contributed by atoms with van der Waals surface area (Å²) in [7, 11) is 1.63. The number of piperazine rings is 1. The first kappa shape index (κ1) is 19.7. The number of aryl methyl sites for hydroxylation is 2. The second-order valence-electron chi connectivity index (χ2n) is 7.41. The molecule has 0 unspecified atom stereocenters. The first-order chi connectivity index (χ1) is 14.0. The van der Waals surface area contributed by atoms with Crippen LogP contribution in [0.25, 0.3) is 11.2 Å². The summed E-state index contributed by atoms with van der Waals surface area (Å²) < 4.78 is 3.34. The van der Waals surface area contributed by atoms with Crippen molar-refractivity contribution < 1.29 is 0 Å². The van der Waals surface area contributed by atoms with Gasteiger partial charge in [0, 0.05) is 51.3 Å². The molecule has 29 heavy (non-hydrogen) atoms. The van der Waals surface area contributed by atoms with Gasteiger partial charge < -0.3 is 9.47 Å². The number of nitrogens with one attached hydrogen (secondary N) is 1. The molecule has 1 N–H and O–H groups in total. The van der Waals surface area contributed by atoms with E-state index in [2.05, 4.69) is 27.8 Å². The van der Waals surface area contributed by atoms with E-state index in [0.29, 0.717) is 17.7 Å². The molecule has 0 atom stereocenters. The molecular formula is C20H25ClN6O2. The van der Waals surface area contributed by atoms with Gasteiger partial charge in [0.2, 0.25) is 5.95 Å². The zero-order valence-corrected chi connectivity index (χ0v) is 17.4. The van der Waals surface area contributed by atoms with E-state index in [4.69, 9.17) is 16.6 Å². The van der Waals surface area contributed by atoms with Gasteiger partial charge in [0.1, 0.15) is 0 Å². The fourth-order valence-electron chi connectivity index (χ4n) is 3.87. The van der Waals surface area contributed by atoms with Crippen molar-refractivity contribution in [3.63, 3.8) is 0 Å². The molecule has 3 aromatic rings. The van der Waals surface area contributed by atoms with E-state index in [9.17, 15) is 9.59 Å². The number of anilines is 1. The second-order valence-corrected chi connectivity index (χ2v) is 7.82. The van der Waals surface area contributed by atoms with Crippen molar-refractivity contribution in [1.82, 2.24) is 24.0 Å². The predicted octanol–water partition coefficient (Wildman–Crippen LogP) is 1.81. The van der Waals surface area contributed by atoms with E-state index >= 15 is 0 Å². The van der Waals surface area contributed by atoms with Crippen LogP contribution in [0.4, 0.5) is 5.95 Å². The highest BCUT2D eigenvalue weighted by atomic mass is 35.5. The molecule has 8 nitrogen and oxygen atoms in total. The number of aromatic nitrogens is 4. The van der Waals surface area contributed by atoms with E-state index in [1.54, 1.807) is 7.05 Å². The van der Waals surface area contributed by atoms with Crippen molar-refractivity contribution in [3.05, 3.63) is 55.7 Å². The van der Waals surface area contributed by atoms with Crippen LogP contribution in [0.15, 0.2) is 33.9 Å². The number of hydrogen-bond donors (Lipinski definition) is 1. The molecule has 0 radical (unpaired) electrons. The van der Waals surface area contributed by atoms with Gasteiger partial charge in [-0.15, -0.1) is 0 Å². The summed E-state index contributed by atoms with van der Waals surface area (Å²) >= 11 is 6.30. The van der Waals surface area contributed by atoms with Crippen LogP contribution in [0.5, 0.6) is 0 Å². The fourth-order valence-corrected chi connectivity index (χ4v) is 4.07. The molecule has 4 rings (SSSR count). The quantitative estimate of drug-likeness (QED) is 0.686. The number of aromatic amines is 1. The minimum atomic E-state index is -0.445. The number of H-pyrrole nitrogens is 1. The van der Waals surface area contributed by atoms with Gasteiger partial charge in [-0.2, -0.15) is 4.98 Å². The maximum Gasteiger partial charge on any atom is 0.329 e. The van der Waals surface area contributed by atoms with Crippen molar-refractivity contribution in [2.75, 3.05) is 31.1 Å². The Bertz CT molecular complexity index is 1140. The highest BCUT2D eigenvalue weighted by Gasteiger charge is 2.24. The van der Waals surface area contributed by atoms with E-state index in [0.717, 1.165) is 55.7 Å². The number of halogens is 1. The van der Waals surface area contributed by atoms with Crippen LogP contribution < -0.4 is 16.1 Å². The van der Waals surface area contributed by atoms with Crippen LogP contribution in [0, 0.1) is 0 Å². The van der Waals surface area contributed by atoms with E-state index in [1.807, 2.05) is 22.8 Å². The summed E-state index contributed by atoms with van der Waals surface area (Å²) in [5.41, 5.74) is 1.19. The van der Waals surface area contributed by atoms with Gasteiger partial charge in [0.05, 0.1) is 0 Å². The lowest BCUT2D eigenvalue weighted by molar-refractivity contribution is 0.248. The number of hydrogen-bond acceptors (Lipinski definition) is 5. The minimum absolute atomic E-state index is 0.382. The smallest absolute Gasteiger partial charge is 0.329 e. The maximum atomic E-state index is 12.5. The van der Waals surface area contributed by atoms with Gasteiger partial charge in [-0.3, -0.25) is 19.2 Å². The van der Waals surface area contributed by atoms with E-state index in [1.165, 1.54) is 4.57 Å². The van der Waals surface area contributed by atoms with Crippen molar-refractivity contribution in [2.45, 2.75) is 26.4 Å². The van der Waals surface area contributed by atoms with Gasteiger partial charge in [0.25, 0.3) is 5.56 Å². The first-order valence-corrected chi connectivity index (χ1v) is 10.3. The predicted molar refractivity (Wildman–Crippen MR) is 115 cm³/mol. The lowest BCUT2D eigenvalue weighted by Gasteiger charge is -2.35. The number of nitrogens with zero attached hydrogens (tertiary/aromatic N) is 5. The zero-order chi connectivity index (χ0) is 20.5. The molecule has 1 aliphatic heterocycles. The summed E-state index contributed by atoms with van der Waals surface area (Å²) in [6.45, 7) is 6.88. The highest BCUT2D eigenvalue weighted by molar-refractivity contribution is 6.31. The highest BCUT2D eigenvalue weighted by Crippen LogP contribution is 2.23. The van der Waals surface area contributed by atoms with Gasteiger partial charge in [-0.1, -0.05) is 36.7 Å². The number of rotatable bonds is 5. The van der Waals surface area contributed by atoms with Crippen LogP contribution in [0.2, 0.25) is 5.02 Å². The van der Waals surface area contributed by atoms with Crippen LogP contribution in [0.3, 0.4) is 0 Å². The monoisotopic (exact) mass is 416 g/mol. The molecule has 0 amide bonds. The molecule has 0 bridgehead atoms. The maximum absolute atomic E-state index is 12.5. The topological polar surface area (TPSA) is 79.2 Å². The average molecular weight is 417 g/mol. The number of benzene rings is 1. The summed E-state index contributed by atoms with van der Waals surface area (Å²) in [5, 5.41) is 0.791. The zero-order valence-electron chi connectivity index (χ0n) is 16.7. The Labute approximate surface area is 173 Å². The lowest BCUT2D eigenvalue weighted by atomic mass is 10.2. The Kier molecular flexibility index (Phi) is 5.47. The third-order valence-corrected chi connectivity index (χ3v) is 5.81. The average Bonchev–Trinajstić information content (AvgIpc) is 3.09. The fraction of sp³-hybridized carbons (Fsp3) is 0.450. The molecule has 0 spiro atoms. The van der Waals surface area contributed by atoms with Gasteiger partial charge in [-0.25, -0.2) is 4.79 Å². The normalized spacial score (nSPS) is 15.3. The van der Waals surface area contributed by atoms with Gasteiger partial charge >= 0.3 is 5.69 Å². The van der Waals surface area contributed by atoms with E-state index in [-0.39, 0.29) is 5.56 Å². The third kappa shape index (κ3) is 3.70. The van der Waals surface area contributed by atoms with Crippen LogP contribution in [-0.4, -0.2) is 50.2 Å². The van der Waals surface area contributed by atoms with Crippen LogP contribution in [0.1, 0.15) is 18.9 Å². The third-order valence-electron chi connectivity index (χ3n) is 5.44. The molecular weight excluding hydrogens is 392 g/mol. The summed E-state index contributed by atoms with van der Waals surface area (Å²) in [4.78, 5) is 36.1. The van der Waals surface area contributed by atoms with Gasteiger partial charge in [0.15, 0.2) is 11.2 Å². The molecule has 1 saturated heterocycles. The lowest BCUT2D eigenvalue weighted by Crippen LogP contribution is -2.47. The second kappa shape index (κ2) is 8.04. The number of fused-ring (bicyclic) bond motifs is 1. The largest absolute Gasteiger partial charge is 0.340 e. The van der Waals surface area contributed by atoms with Crippen LogP contribution >= 0.6 is 11.6 Å². The van der Waals surface area contributed by atoms with Crippen molar-refractivity contribution in [3.8, 4) is 0 Å². The standard InChI is InChI=1S/C20H25ClN6O2/c1-3-8-27-16-17(24(2)20(29)23-18(16)28)22-19(27)26-11-9-25(10-12-26)13-14-6-4-5-7-15(14)21/h4-7H,3,8-13H2,1-2H3,(H,23,28,29). The molecule has 154 valence electrons. The molecule has 2 aromatic heterocycles. The molecule has 1 fully saturated rings. The molecule has 0 saturated carbocycles. The first-order valence-electron chi connectivity index (χ1n) is 9.90. The molecule has 1 aliphatic rings. The van der Waals surface area contributed by atoms with Crippen LogP contribution in [-0.2, 0) is 20.1 Å². The van der Waals surface area contributed by atoms with Crippen molar-refractivity contribution >= 4 is 28.7 Å². The Morgan fingerprint density at radius 2 is 1.86 bits per heavy atom. The Morgan fingerprint density at radius 3 is 2.55 bits per heavy atom. The Morgan fingerprint density at radius 1 is 1.14 bits per heavy atom. The molecule has 1 aromatic carbocycles. The van der Waals surface area contributed by atoms with Crippen molar-refractivity contribution in [1.29, 1.82) is 0 Å². The van der Waals surface area contributed by atoms with E-state index < -0.39 is 5.69 Å². The molecule has 9 heteroatoms. The Hall–Kier alpha value is -2.58. The Balaban J connectivity index is 1.60. The molecule has 0 aliphatic carbocycles. The summed E-state index contributed by atoms with van der Waals surface area (Å²) in [6.07, 6.45) is 0.868. The summed E-state index contributed by atoms with van der Waals surface area (Å²) in [6, 6.07) is 7.92. The SMILES string of the molecule is CCCn1c(N2CCN(Cc3ccccc3Cl)CC2)nc2c1c(=O)[nH]c(=O)n2C. The summed E-state index contributed by atoms with van der Waals surface area (Å²) in [5.74, 6) is 0.756. The van der Waals surface area contributed by atoms with Crippen molar-refractivity contribution in [2.24, 2.45) is 7.05 Å².